The predicted molar refractivity (Wildman–Crippen MR) is 95.2 cm³/mol. The number of nitrogens with one attached hydrogen (secondary N) is 3. The molecule has 0 heterocycles. The smallest absolute Gasteiger partial charge is 0.261 e. The molecular formula is C19H19F4N3O2. The van der Waals surface area contributed by atoms with Crippen LogP contribution in [0.3, 0.4) is 0 Å². The van der Waals surface area contributed by atoms with E-state index in [0.29, 0.717) is 12.0 Å². The van der Waals surface area contributed by atoms with E-state index in [4.69, 9.17) is 0 Å². The second-order valence-electron chi connectivity index (χ2n) is 6.16. The Morgan fingerprint density at radius 1 is 1.00 bits per heavy atom. The van der Waals surface area contributed by atoms with Crippen LogP contribution in [0.1, 0.15) is 30.6 Å². The normalized spacial score (nSPS) is 12.8. The number of rotatable bonds is 7. The molecule has 2 aromatic carbocycles. The third kappa shape index (κ3) is 4.79. The quantitative estimate of drug-likeness (QED) is 0.380. The number of hydrazine groups is 1. The Morgan fingerprint density at radius 3 is 2.11 bits per heavy atom. The van der Waals surface area contributed by atoms with E-state index >= 15 is 0 Å². The number of benzene rings is 2. The summed E-state index contributed by atoms with van der Waals surface area (Å²) in [6, 6.07) is 7.13. The van der Waals surface area contributed by atoms with Crippen LogP contribution in [0.2, 0.25) is 0 Å². The fourth-order valence-corrected chi connectivity index (χ4v) is 2.40. The predicted octanol–water partition coefficient (Wildman–Crippen LogP) is 3.53. The van der Waals surface area contributed by atoms with E-state index in [1.165, 1.54) is 0 Å². The van der Waals surface area contributed by atoms with Crippen LogP contribution in [0.25, 0.3) is 0 Å². The number of hydrogen-bond donors (Lipinski definition) is 3. The molecule has 0 aromatic heterocycles. The summed E-state index contributed by atoms with van der Waals surface area (Å²) >= 11 is 0. The molecule has 9 heteroatoms. The van der Waals surface area contributed by atoms with Crippen molar-refractivity contribution in [1.82, 2.24) is 10.7 Å². The number of carbonyl (C=O) groups is 2. The summed E-state index contributed by atoms with van der Waals surface area (Å²) in [6.07, 6.45) is 0.504. The molecule has 2 aromatic rings. The average molecular weight is 397 g/mol. The van der Waals surface area contributed by atoms with E-state index in [1.807, 2.05) is 10.9 Å². The minimum Gasteiger partial charge on any atom is -0.340 e. The summed E-state index contributed by atoms with van der Waals surface area (Å²) < 4.78 is 53.9. The first-order valence-electron chi connectivity index (χ1n) is 8.51. The van der Waals surface area contributed by atoms with Crippen LogP contribution in [-0.4, -0.2) is 17.9 Å². The molecule has 0 spiro atoms. The Morgan fingerprint density at radius 2 is 1.57 bits per heavy atom. The van der Waals surface area contributed by atoms with Crippen molar-refractivity contribution < 1.29 is 27.2 Å². The molecule has 2 atom stereocenters. The summed E-state index contributed by atoms with van der Waals surface area (Å²) in [5.41, 5.74) is 2.99. The van der Waals surface area contributed by atoms with Crippen molar-refractivity contribution in [2.24, 2.45) is 5.92 Å². The first-order valence-corrected chi connectivity index (χ1v) is 8.51. The average Bonchev–Trinajstić information content (AvgIpc) is 2.70. The molecule has 0 fully saturated rings. The Kier molecular flexibility index (Phi) is 6.97. The lowest BCUT2D eigenvalue weighted by atomic mass is 9.98. The number of amides is 2. The van der Waals surface area contributed by atoms with Gasteiger partial charge >= 0.3 is 0 Å². The van der Waals surface area contributed by atoms with Crippen LogP contribution in [-0.2, 0) is 4.79 Å². The fraction of sp³-hybridized carbons (Fsp3) is 0.263. The van der Waals surface area contributed by atoms with Crippen molar-refractivity contribution in [3.05, 3.63) is 65.2 Å². The maximum absolute atomic E-state index is 13.7. The lowest BCUT2D eigenvalue weighted by molar-refractivity contribution is -0.123. The number of halogens is 4. The molecule has 0 saturated carbocycles. The van der Waals surface area contributed by atoms with Crippen LogP contribution in [0.4, 0.5) is 23.2 Å². The zero-order valence-corrected chi connectivity index (χ0v) is 15.2. The van der Waals surface area contributed by atoms with E-state index in [1.54, 1.807) is 44.2 Å². The molecule has 2 rings (SSSR count). The molecule has 2 amide bonds. The molecule has 28 heavy (non-hydrogen) atoms. The van der Waals surface area contributed by atoms with E-state index < -0.39 is 46.8 Å². The molecule has 0 aliphatic heterocycles. The minimum atomic E-state index is -1.69. The highest BCUT2D eigenvalue weighted by atomic mass is 19.2. The first-order chi connectivity index (χ1) is 13.3. The van der Waals surface area contributed by atoms with Gasteiger partial charge in [0.2, 0.25) is 0 Å². The summed E-state index contributed by atoms with van der Waals surface area (Å²) in [5, 5.41) is 2.55. The highest BCUT2D eigenvalue weighted by molar-refractivity contribution is 5.97. The van der Waals surface area contributed by atoms with Crippen LogP contribution in [0.15, 0.2) is 36.4 Å². The van der Waals surface area contributed by atoms with Gasteiger partial charge in [-0.15, -0.1) is 0 Å². The van der Waals surface area contributed by atoms with Crippen LogP contribution >= 0.6 is 0 Å². The Labute approximate surface area is 159 Å². The van der Waals surface area contributed by atoms with E-state index in [2.05, 4.69) is 5.32 Å². The second-order valence-corrected chi connectivity index (χ2v) is 6.16. The van der Waals surface area contributed by atoms with Crippen molar-refractivity contribution in [2.45, 2.75) is 26.3 Å². The number of carbonyl (C=O) groups excluding carboxylic acids is 2. The van der Waals surface area contributed by atoms with Gasteiger partial charge in [0, 0.05) is 11.6 Å². The first kappa shape index (κ1) is 21.2. The van der Waals surface area contributed by atoms with Crippen molar-refractivity contribution in [1.29, 1.82) is 0 Å². The van der Waals surface area contributed by atoms with Crippen LogP contribution < -0.4 is 16.2 Å². The maximum Gasteiger partial charge on any atom is 0.261 e. The molecule has 0 aliphatic carbocycles. The fourth-order valence-electron chi connectivity index (χ4n) is 2.40. The molecular weight excluding hydrogens is 378 g/mol. The van der Waals surface area contributed by atoms with Gasteiger partial charge in [-0.1, -0.05) is 38.5 Å². The minimum absolute atomic E-state index is 0.0553. The van der Waals surface area contributed by atoms with Crippen LogP contribution in [0.5, 0.6) is 0 Å². The largest absolute Gasteiger partial charge is 0.340 e. The zero-order chi connectivity index (χ0) is 20.8. The van der Waals surface area contributed by atoms with E-state index in [0.717, 1.165) is 0 Å². The molecule has 150 valence electrons. The summed E-state index contributed by atoms with van der Waals surface area (Å²) in [5.74, 6) is -8.30. The van der Waals surface area contributed by atoms with Crippen molar-refractivity contribution in [3.8, 4) is 0 Å². The zero-order valence-electron chi connectivity index (χ0n) is 15.2. The molecule has 0 bridgehead atoms. The van der Waals surface area contributed by atoms with Gasteiger partial charge in [0.25, 0.3) is 11.8 Å². The third-order valence-corrected chi connectivity index (χ3v) is 4.24. The van der Waals surface area contributed by atoms with E-state index in [9.17, 15) is 27.2 Å². The Hall–Kier alpha value is -3.10. The monoisotopic (exact) mass is 397 g/mol. The van der Waals surface area contributed by atoms with Crippen molar-refractivity contribution in [2.75, 3.05) is 5.43 Å². The molecule has 5 nitrogen and oxygen atoms in total. The third-order valence-electron chi connectivity index (χ3n) is 4.24. The summed E-state index contributed by atoms with van der Waals surface area (Å²) in [7, 11) is 0. The topological polar surface area (TPSA) is 70.2 Å². The number of anilines is 1. The second kappa shape index (κ2) is 9.20. The molecule has 3 N–H and O–H groups in total. The van der Waals surface area contributed by atoms with Gasteiger partial charge in [-0.3, -0.25) is 20.4 Å². The molecule has 0 saturated heterocycles. The van der Waals surface area contributed by atoms with E-state index in [-0.39, 0.29) is 12.0 Å². The van der Waals surface area contributed by atoms with Crippen molar-refractivity contribution in [3.63, 3.8) is 0 Å². The highest BCUT2D eigenvalue weighted by Gasteiger charge is 2.27. The Bertz CT molecular complexity index is 836. The summed E-state index contributed by atoms with van der Waals surface area (Å²) in [4.78, 5) is 24.8. The standard InChI is InChI=1S/C19H19F4N3O2/c1-3-10(2)16(24-18(27)11-7-5-4-6-8-11)19(28)26-25-17-14(22)12(20)9-13(21)15(17)23/h4-10,16,25H,3H2,1-2H3,(H,24,27)(H,26,28)/t10-,16-/m0/s1. The van der Waals surface area contributed by atoms with Gasteiger partial charge in [0.05, 0.1) is 0 Å². The van der Waals surface area contributed by atoms with Gasteiger partial charge < -0.3 is 5.32 Å². The van der Waals surface area contributed by atoms with Gasteiger partial charge in [-0.25, -0.2) is 17.6 Å². The molecule has 0 aliphatic rings. The Balaban J connectivity index is 2.15. The van der Waals surface area contributed by atoms with Crippen LogP contribution in [0, 0.1) is 29.2 Å². The SMILES string of the molecule is CC[C@H](C)[C@H](NC(=O)c1ccccc1)C(=O)NNc1c(F)c(F)cc(F)c1F. The highest BCUT2D eigenvalue weighted by Crippen LogP contribution is 2.23. The van der Waals surface area contributed by atoms with Crippen molar-refractivity contribution >= 4 is 17.5 Å². The lowest BCUT2D eigenvalue weighted by Crippen LogP contribution is -2.51. The van der Waals surface area contributed by atoms with Gasteiger partial charge in [-0.05, 0) is 18.1 Å². The molecule has 0 radical (unpaired) electrons. The number of hydrogen-bond acceptors (Lipinski definition) is 3. The lowest BCUT2D eigenvalue weighted by Gasteiger charge is -2.24. The molecule has 0 unspecified atom stereocenters. The van der Waals surface area contributed by atoms with Gasteiger partial charge in [-0.2, -0.15) is 0 Å². The van der Waals surface area contributed by atoms with Gasteiger partial charge in [0.1, 0.15) is 11.7 Å². The maximum atomic E-state index is 13.7. The van der Waals surface area contributed by atoms with Gasteiger partial charge in [0.15, 0.2) is 23.3 Å². The summed E-state index contributed by atoms with van der Waals surface area (Å²) in [6.45, 7) is 3.48.